The molecule has 0 amide bonds. The monoisotopic (exact) mass is 280 g/mol. The molecule has 20 heavy (non-hydrogen) atoms. The molecule has 0 spiro atoms. The Balaban J connectivity index is 2.39. The van der Waals surface area contributed by atoms with Crippen molar-refractivity contribution in [2.24, 2.45) is 5.92 Å². The molecule has 0 aliphatic heterocycles. The van der Waals surface area contributed by atoms with Crippen LogP contribution in [0.25, 0.3) is 0 Å². The molecular formula is C16H28N2O2. The number of nitrogens with one attached hydrogen (secondary N) is 1. The first-order valence-electron chi connectivity index (χ1n) is 7.27. The van der Waals surface area contributed by atoms with E-state index in [-0.39, 0.29) is 5.60 Å². The second-order valence-corrected chi connectivity index (χ2v) is 6.05. The van der Waals surface area contributed by atoms with Crippen LogP contribution in [0.15, 0.2) is 18.2 Å². The van der Waals surface area contributed by atoms with Crippen molar-refractivity contribution in [1.29, 1.82) is 0 Å². The summed E-state index contributed by atoms with van der Waals surface area (Å²) in [6, 6.07) is 5.89. The molecule has 1 rings (SSSR count). The van der Waals surface area contributed by atoms with Crippen LogP contribution in [0.2, 0.25) is 0 Å². The van der Waals surface area contributed by atoms with E-state index in [1.165, 1.54) is 0 Å². The Hall–Kier alpha value is -1.13. The Bertz CT molecular complexity index is 392. The van der Waals surface area contributed by atoms with Gasteiger partial charge in [-0.2, -0.15) is 0 Å². The van der Waals surface area contributed by atoms with Crippen molar-refractivity contribution >= 4 is 0 Å². The van der Waals surface area contributed by atoms with Crippen molar-refractivity contribution in [2.45, 2.75) is 46.3 Å². The van der Waals surface area contributed by atoms with Crippen molar-refractivity contribution in [2.75, 3.05) is 20.3 Å². The number of pyridine rings is 1. The number of hydrogen-bond acceptors (Lipinski definition) is 4. The first kappa shape index (κ1) is 16.9. The normalized spacial score (nSPS) is 11.9. The van der Waals surface area contributed by atoms with Crippen LogP contribution in [0.1, 0.15) is 39.8 Å². The van der Waals surface area contributed by atoms with Crippen molar-refractivity contribution in [3.8, 4) is 5.88 Å². The maximum atomic E-state index is 5.69. The molecule has 114 valence electrons. The van der Waals surface area contributed by atoms with Crippen LogP contribution in [-0.4, -0.2) is 30.8 Å². The molecule has 0 bridgehead atoms. The molecule has 1 aromatic rings. The molecule has 4 nitrogen and oxygen atoms in total. The Kier molecular flexibility index (Phi) is 6.96. The number of methoxy groups -OCH3 is 1. The molecule has 0 radical (unpaired) electrons. The minimum atomic E-state index is -0.156. The van der Waals surface area contributed by atoms with E-state index in [4.69, 9.17) is 9.47 Å². The highest BCUT2D eigenvalue weighted by molar-refractivity contribution is 5.15. The van der Waals surface area contributed by atoms with Gasteiger partial charge in [0.1, 0.15) is 0 Å². The summed E-state index contributed by atoms with van der Waals surface area (Å²) in [6.45, 7) is 10.9. The molecular weight excluding hydrogens is 252 g/mol. The summed E-state index contributed by atoms with van der Waals surface area (Å²) in [5.74, 6) is 1.33. The van der Waals surface area contributed by atoms with E-state index < -0.39 is 0 Å². The van der Waals surface area contributed by atoms with E-state index in [2.05, 4.69) is 38.0 Å². The molecule has 1 N–H and O–H groups in total. The first-order valence-corrected chi connectivity index (χ1v) is 7.27. The Morgan fingerprint density at radius 1 is 1.30 bits per heavy atom. The highest BCUT2D eigenvalue weighted by Crippen LogP contribution is 2.14. The zero-order valence-corrected chi connectivity index (χ0v) is 13.4. The van der Waals surface area contributed by atoms with Crippen LogP contribution >= 0.6 is 0 Å². The predicted molar refractivity (Wildman–Crippen MR) is 82.0 cm³/mol. The Morgan fingerprint density at radius 2 is 2.05 bits per heavy atom. The molecule has 0 saturated carbocycles. The van der Waals surface area contributed by atoms with Crippen LogP contribution in [0.3, 0.4) is 0 Å². The summed E-state index contributed by atoms with van der Waals surface area (Å²) in [6.07, 6.45) is 0.834. The minimum absolute atomic E-state index is 0.156. The van der Waals surface area contributed by atoms with E-state index >= 15 is 0 Å². The van der Waals surface area contributed by atoms with Crippen molar-refractivity contribution in [1.82, 2.24) is 10.3 Å². The fraction of sp³-hybridized carbons (Fsp3) is 0.688. The van der Waals surface area contributed by atoms with Gasteiger partial charge >= 0.3 is 0 Å². The van der Waals surface area contributed by atoms with Crippen LogP contribution in [0.4, 0.5) is 0 Å². The highest BCUT2D eigenvalue weighted by atomic mass is 16.5. The zero-order valence-electron chi connectivity index (χ0n) is 13.4. The summed E-state index contributed by atoms with van der Waals surface area (Å²) in [7, 11) is 1.72. The van der Waals surface area contributed by atoms with Crippen LogP contribution < -0.4 is 10.1 Å². The third-order valence-corrected chi connectivity index (χ3v) is 3.15. The van der Waals surface area contributed by atoms with Gasteiger partial charge in [0.05, 0.1) is 17.9 Å². The average Bonchev–Trinajstić information content (AvgIpc) is 2.39. The van der Waals surface area contributed by atoms with Gasteiger partial charge in [-0.05, 0) is 32.4 Å². The van der Waals surface area contributed by atoms with Gasteiger partial charge in [-0.3, -0.25) is 0 Å². The van der Waals surface area contributed by atoms with Gasteiger partial charge in [-0.1, -0.05) is 19.9 Å². The van der Waals surface area contributed by atoms with Crippen LogP contribution in [0, 0.1) is 5.92 Å². The summed E-state index contributed by atoms with van der Waals surface area (Å²) in [5.41, 5.74) is 0.852. The van der Waals surface area contributed by atoms with Gasteiger partial charge in [0.2, 0.25) is 5.88 Å². The van der Waals surface area contributed by atoms with Gasteiger partial charge in [-0.15, -0.1) is 0 Å². The van der Waals surface area contributed by atoms with E-state index in [1.807, 2.05) is 18.2 Å². The smallest absolute Gasteiger partial charge is 0.213 e. The van der Waals surface area contributed by atoms with Crippen LogP contribution in [0.5, 0.6) is 5.88 Å². The second-order valence-electron chi connectivity index (χ2n) is 6.05. The minimum Gasteiger partial charge on any atom is -0.478 e. The van der Waals surface area contributed by atoms with Gasteiger partial charge in [0, 0.05) is 26.1 Å². The first-order chi connectivity index (χ1) is 9.43. The standard InChI is InChI=1S/C16H28N2O2/c1-13(2)11-17-12-14-7-6-8-15(18-14)20-10-9-16(3,4)19-5/h6-8,13,17H,9-12H2,1-5H3. The molecule has 0 atom stereocenters. The third kappa shape index (κ3) is 6.87. The quantitative estimate of drug-likeness (QED) is 0.755. The number of rotatable bonds is 9. The van der Waals surface area contributed by atoms with E-state index in [1.54, 1.807) is 7.11 Å². The Labute approximate surface area is 122 Å². The lowest BCUT2D eigenvalue weighted by Gasteiger charge is -2.22. The molecule has 0 saturated heterocycles. The molecule has 0 unspecified atom stereocenters. The van der Waals surface area contributed by atoms with Gasteiger partial charge < -0.3 is 14.8 Å². The summed E-state index contributed by atoms with van der Waals surface area (Å²) >= 11 is 0. The molecule has 0 aromatic carbocycles. The fourth-order valence-corrected chi connectivity index (χ4v) is 1.63. The zero-order chi connectivity index (χ0) is 15.0. The SMILES string of the molecule is COC(C)(C)CCOc1cccc(CNCC(C)C)n1. The maximum Gasteiger partial charge on any atom is 0.213 e. The summed E-state index contributed by atoms with van der Waals surface area (Å²) in [4.78, 5) is 4.49. The van der Waals surface area contributed by atoms with E-state index in [0.29, 0.717) is 18.4 Å². The predicted octanol–water partition coefficient (Wildman–Crippen LogP) is 3.02. The lowest BCUT2D eigenvalue weighted by atomic mass is 10.1. The fourth-order valence-electron chi connectivity index (χ4n) is 1.63. The third-order valence-electron chi connectivity index (χ3n) is 3.15. The maximum absolute atomic E-state index is 5.69. The number of hydrogen-bond donors (Lipinski definition) is 1. The van der Waals surface area contributed by atoms with Gasteiger partial charge in [0.15, 0.2) is 0 Å². The molecule has 0 aliphatic rings. The number of ether oxygens (including phenoxy) is 2. The average molecular weight is 280 g/mol. The van der Waals surface area contributed by atoms with E-state index in [0.717, 1.165) is 25.2 Å². The Morgan fingerprint density at radius 3 is 2.70 bits per heavy atom. The number of nitrogens with zero attached hydrogens (tertiary/aromatic N) is 1. The molecule has 4 heteroatoms. The topological polar surface area (TPSA) is 43.4 Å². The summed E-state index contributed by atoms with van der Waals surface area (Å²) in [5, 5.41) is 3.38. The molecule has 0 aliphatic carbocycles. The van der Waals surface area contributed by atoms with Gasteiger partial charge in [0.25, 0.3) is 0 Å². The second kappa shape index (κ2) is 8.22. The van der Waals surface area contributed by atoms with E-state index in [9.17, 15) is 0 Å². The van der Waals surface area contributed by atoms with Crippen molar-refractivity contribution < 1.29 is 9.47 Å². The molecule has 1 aromatic heterocycles. The van der Waals surface area contributed by atoms with Crippen molar-refractivity contribution in [3.63, 3.8) is 0 Å². The lowest BCUT2D eigenvalue weighted by molar-refractivity contribution is 0.00507. The molecule has 1 heterocycles. The largest absolute Gasteiger partial charge is 0.478 e. The highest BCUT2D eigenvalue weighted by Gasteiger charge is 2.16. The van der Waals surface area contributed by atoms with Crippen molar-refractivity contribution in [3.05, 3.63) is 23.9 Å². The summed E-state index contributed by atoms with van der Waals surface area (Å²) < 4.78 is 11.1. The van der Waals surface area contributed by atoms with Crippen LogP contribution in [-0.2, 0) is 11.3 Å². The lowest BCUT2D eigenvalue weighted by Crippen LogP contribution is -2.25. The van der Waals surface area contributed by atoms with Gasteiger partial charge in [-0.25, -0.2) is 4.98 Å². The molecule has 0 fully saturated rings. The number of aromatic nitrogens is 1.